The normalized spacial score (nSPS) is 19.4. The van der Waals surface area contributed by atoms with Crippen molar-refractivity contribution in [1.29, 1.82) is 0 Å². The lowest BCUT2D eigenvalue weighted by molar-refractivity contribution is -0.137. The first-order chi connectivity index (χ1) is 8.17. The molecular weight excluding hydrogens is 323 g/mol. The molecule has 1 aliphatic carbocycles. The summed E-state index contributed by atoms with van der Waals surface area (Å²) in [5, 5.41) is 2.40. The Kier molecular flexibility index (Phi) is 3.25. The van der Waals surface area contributed by atoms with Crippen molar-refractivity contribution in [3.05, 3.63) is 22.3 Å². The lowest BCUT2D eigenvalue weighted by Crippen LogP contribution is -2.44. The highest BCUT2D eigenvalue weighted by molar-refractivity contribution is 9.10. The molecule has 1 N–H and O–H groups in total. The summed E-state index contributed by atoms with van der Waals surface area (Å²) in [6, 6.07) is 0.196. The van der Waals surface area contributed by atoms with Crippen LogP contribution in [0.25, 0.3) is 0 Å². The van der Waals surface area contributed by atoms with E-state index >= 15 is 0 Å². The molecule has 1 fully saturated rings. The van der Waals surface area contributed by atoms with Gasteiger partial charge >= 0.3 is 6.18 Å². The maximum atomic E-state index is 12.7. The molecule has 0 radical (unpaired) electrons. The van der Waals surface area contributed by atoms with Crippen molar-refractivity contribution in [2.45, 2.75) is 31.0 Å². The predicted octanol–water partition coefficient (Wildman–Crippen LogP) is 4.07. The van der Waals surface area contributed by atoms with Gasteiger partial charge in [0.15, 0.2) is 0 Å². The molecule has 1 heterocycles. The van der Waals surface area contributed by atoms with E-state index in [1.54, 1.807) is 0 Å². The molecule has 8 heteroatoms. The van der Waals surface area contributed by atoms with E-state index in [-0.39, 0.29) is 4.47 Å². The van der Waals surface area contributed by atoms with Crippen LogP contribution in [0.4, 0.5) is 27.8 Å². The van der Waals surface area contributed by atoms with Crippen LogP contribution in [0.2, 0.25) is 0 Å². The minimum absolute atomic E-state index is 0.180. The van der Waals surface area contributed by atoms with E-state index in [1.165, 1.54) is 6.20 Å². The van der Waals surface area contributed by atoms with Gasteiger partial charge in [0.1, 0.15) is 5.82 Å². The Hall–Kier alpha value is -0.920. The number of rotatable bonds is 2. The standard InChI is InChI=1S/C10H8BrF5N2/c11-5-1-7(10(14,15)16)8(17-4-5)18-6-2-9(12,13)3-6/h1,4,6H,2-3H2,(H,17,18). The quantitative estimate of drug-likeness (QED) is 0.827. The largest absolute Gasteiger partial charge is 0.419 e. The molecular formula is C10H8BrF5N2. The molecule has 0 atom stereocenters. The number of pyridine rings is 1. The molecule has 100 valence electrons. The Morgan fingerprint density at radius 1 is 1.33 bits per heavy atom. The zero-order valence-corrected chi connectivity index (χ0v) is 10.4. The van der Waals surface area contributed by atoms with Gasteiger partial charge in [0.25, 0.3) is 5.92 Å². The summed E-state index contributed by atoms with van der Waals surface area (Å²) in [5.74, 6) is -3.20. The fraction of sp³-hybridized carbons (Fsp3) is 0.500. The van der Waals surface area contributed by atoms with Gasteiger partial charge in [0.2, 0.25) is 0 Å². The van der Waals surface area contributed by atoms with Crippen LogP contribution in [0, 0.1) is 0 Å². The average Bonchev–Trinajstić information content (AvgIpc) is 2.16. The topological polar surface area (TPSA) is 24.9 Å². The van der Waals surface area contributed by atoms with Gasteiger partial charge in [-0.25, -0.2) is 13.8 Å². The van der Waals surface area contributed by atoms with Crippen molar-refractivity contribution in [1.82, 2.24) is 4.98 Å². The Morgan fingerprint density at radius 3 is 2.44 bits per heavy atom. The van der Waals surface area contributed by atoms with Crippen LogP contribution in [0.15, 0.2) is 16.7 Å². The lowest BCUT2D eigenvalue weighted by Gasteiger charge is -2.36. The van der Waals surface area contributed by atoms with Crippen LogP contribution in [-0.4, -0.2) is 16.9 Å². The Morgan fingerprint density at radius 2 is 1.94 bits per heavy atom. The number of halogens is 6. The summed E-state index contributed by atoms with van der Waals surface area (Å²) in [7, 11) is 0. The van der Waals surface area contributed by atoms with Gasteiger partial charge in [-0.1, -0.05) is 0 Å². The third kappa shape index (κ3) is 2.90. The number of anilines is 1. The third-order valence-electron chi connectivity index (χ3n) is 2.59. The molecule has 1 aliphatic rings. The minimum Gasteiger partial charge on any atom is -0.366 e. The molecule has 0 saturated heterocycles. The minimum atomic E-state index is -4.58. The summed E-state index contributed by atoms with van der Waals surface area (Å²) >= 11 is 2.89. The summed E-state index contributed by atoms with van der Waals surface area (Å²) in [6.45, 7) is 0. The van der Waals surface area contributed by atoms with Crippen LogP contribution < -0.4 is 5.32 Å². The van der Waals surface area contributed by atoms with E-state index in [9.17, 15) is 22.0 Å². The molecule has 18 heavy (non-hydrogen) atoms. The number of hydrogen-bond acceptors (Lipinski definition) is 2. The molecule has 0 aliphatic heterocycles. The summed E-state index contributed by atoms with van der Waals surface area (Å²) < 4.78 is 63.5. The predicted molar refractivity (Wildman–Crippen MR) is 58.5 cm³/mol. The second-order valence-corrected chi connectivity index (χ2v) is 5.07. The molecule has 0 bridgehead atoms. The average molecular weight is 331 g/mol. The highest BCUT2D eigenvalue weighted by Gasteiger charge is 2.46. The molecule has 2 rings (SSSR count). The fourth-order valence-electron chi connectivity index (χ4n) is 1.73. The second kappa shape index (κ2) is 4.32. The van der Waals surface area contributed by atoms with Crippen LogP contribution in [0.3, 0.4) is 0 Å². The SMILES string of the molecule is FC1(F)CC(Nc2ncc(Br)cc2C(F)(F)F)C1. The van der Waals surface area contributed by atoms with Crippen LogP contribution in [-0.2, 0) is 6.18 Å². The summed E-state index contributed by atoms with van der Waals surface area (Å²) in [4.78, 5) is 3.59. The Bertz CT molecular complexity index is 452. The van der Waals surface area contributed by atoms with Crippen molar-refractivity contribution in [2.24, 2.45) is 0 Å². The van der Waals surface area contributed by atoms with Crippen LogP contribution in [0.1, 0.15) is 18.4 Å². The molecule has 2 nitrogen and oxygen atoms in total. The molecule has 0 amide bonds. The fourth-order valence-corrected chi connectivity index (χ4v) is 2.06. The Labute approximate surface area is 108 Å². The van der Waals surface area contributed by atoms with Gasteiger partial charge in [-0.2, -0.15) is 13.2 Å². The number of nitrogens with one attached hydrogen (secondary N) is 1. The van der Waals surface area contributed by atoms with E-state index in [2.05, 4.69) is 26.2 Å². The number of aromatic nitrogens is 1. The van der Waals surface area contributed by atoms with Crippen molar-refractivity contribution in [2.75, 3.05) is 5.32 Å². The van der Waals surface area contributed by atoms with Crippen molar-refractivity contribution in [3.8, 4) is 0 Å². The first kappa shape index (κ1) is 13.5. The molecule has 0 unspecified atom stereocenters. The van der Waals surface area contributed by atoms with E-state index in [4.69, 9.17) is 0 Å². The van der Waals surface area contributed by atoms with Crippen LogP contribution >= 0.6 is 15.9 Å². The molecule has 0 aromatic carbocycles. The van der Waals surface area contributed by atoms with E-state index in [0.29, 0.717) is 0 Å². The number of hydrogen-bond donors (Lipinski definition) is 1. The summed E-state index contributed by atoms with van der Waals surface area (Å²) in [5.41, 5.74) is -0.966. The summed E-state index contributed by atoms with van der Waals surface area (Å²) in [6.07, 6.45) is -4.33. The third-order valence-corrected chi connectivity index (χ3v) is 3.02. The zero-order chi connectivity index (χ0) is 13.6. The van der Waals surface area contributed by atoms with Gasteiger partial charge in [-0.3, -0.25) is 0 Å². The molecule has 1 saturated carbocycles. The zero-order valence-electron chi connectivity index (χ0n) is 8.86. The first-order valence-electron chi connectivity index (χ1n) is 5.04. The maximum Gasteiger partial charge on any atom is 0.419 e. The van der Waals surface area contributed by atoms with E-state index in [1.807, 2.05) is 0 Å². The van der Waals surface area contributed by atoms with Crippen molar-refractivity contribution in [3.63, 3.8) is 0 Å². The van der Waals surface area contributed by atoms with Crippen LogP contribution in [0.5, 0.6) is 0 Å². The highest BCUT2D eigenvalue weighted by atomic mass is 79.9. The van der Waals surface area contributed by atoms with Crippen molar-refractivity contribution >= 4 is 21.7 Å². The molecule has 1 aromatic heterocycles. The van der Waals surface area contributed by atoms with E-state index < -0.39 is 42.4 Å². The first-order valence-corrected chi connectivity index (χ1v) is 5.84. The van der Waals surface area contributed by atoms with Gasteiger partial charge in [0.05, 0.1) is 5.56 Å². The Balaban J connectivity index is 2.18. The van der Waals surface area contributed by atoms with Crippen molar-refractivity contribution < 1.29 is 22.0 Å². The highest BCUT2D eigenvalue weighted by Crippen LogP contribution is 2.41. The smallest absolute Gasteiger partial charge is 0.366 e. The van der Waals surface area contributed by atoms with E-state index in [0.717, 1.165) is 6.07 Å². The lowest BCUT2D eigenvalue weighted by atomic mass is 9.88. The molecule has 0 spiro atoms. The maximum absolute atomic E-state index is 12.7. The monoisotopic (exact) mass is 330 g/mol. The van der Waals surface area contributed by atoms with Gasteiger partial charge in [-0.15, -0.1) is 0 Å². The number of alkyl halides is 5. The second-order valence-electron chi connectivity index (χ2n) is 4.15. The van der Waals surface area contributed by atoms with Gasteiger partial charge in [0, 0.05) is 29.6 Å². The molecule has 1 aromatic rings. The van der Waals surface area contributed by atoms with Gasteiger partial charge in [-0.05, 0) is 22.0 Å². The van der Waals surface area contributed by atoms with Gasteiger partial charge < -0.3 is 5.32 Å². The number of nitrogens with zero attached hydrogens (tertiary/aromatic N) is 1.